The SMILES string of the molecule is CCNS(=O)(=O)c1ccc(CCC(=O)N(Cc2ccc(OC)cc2)[C@H](C(=O)NCC(C)C)c2ccccc2)cc1. The predicted molar refractivity (Wildman–Crippen MR) is 156 cm³/mol. The molecule has 0 spiro atoms. The van der Waals surface area contributed by atoms with Gasteiger partial charge in [-0.25, -0.2) is 13.1 Å². The molecule has 0 saturated heterocycles. The van der Waals surface area contributed by atoms with Crippen LogP contribution in [-0.2, 0) is 32.6 Å². The Morgan fingerprint density at radius 1 is 0.900 bits per heavy atom. The van der Waals surface area contributed by atoms with Crippen molar-refractivity contribution in [3.05, 3.63) is 95.6 Å². The maximum Gasteiger partial charge on any atom is 0.247 e. The van der Waals surface area contributed by atoms with Gasteiger partial charge in [-0.2, -0.15) is 0 Å². The van der Waals surface area contributed by atoms with E-state index >= 15 is 0 Å². The minimum atomic E-state index is -3.55. The smallest absolute Gasteiger partial charge is 0.247 e. The Kier molecular flexibility index (Phi) is 11.3. The molecule has 0 bridgehead atoms. The van der Waals surface area contributed by atoms with E-state index < -0.39 is 16.1 Å². The van der Waals surface area contributed by atoms with Crippen molar-refractivity contribution in [3.63, 3.8) is 0 Å². The highest BCUT2D eigenvalue weighted by Gasteiger charge is 2.31. The summed E-state index contributed by atoms with van der Waals surface area (Å²) in [6.07, 6.45) is 0.546. The lowest BCUT2D eigenvalue weighted by Gasteiger charge is -2.32. The van der Waals surface area contributed by atoms with Crippen LogP contribution in [0.25, 0.3) is 0 Å². The number of benzene rings is 3. The molecule has 3 rings (SSSR count). The molecule has 1 atom stereocenters. The van der Waals surface area contributed by atoms with Crippen LogP contribution in [-0.4, -0.2) is 45.3 Å². The van der Waals surface area contributed by atoms with Gasteiger partial charge in [-0.05, 0) is 53.3 Å². The number of rotatable bonds is 14. The molecule has 0 saturated carbocycles. The molecule has 0 aliphatic rings. The van der Waals surface area contributed by atoms with Crippen LogP contribution in [0.4, 0.5) is 0 Å². The minimum Gasteiger partial charge on any atom is -0.497 e. The molecule has 0 radical (unpaired) electrons. The molecule has 2 amide bonds. The minimum absolute atomic E-state index is 0.149. The van der Waals surface area contributed by atoms with Gasteiger partial charge in [0.2, 0.25) is 21.8 Å². The number of nitrogens with zero attached hydrogens (tertiary/aromatic N) is 1. The van der Waals surface area contributed by atoms with E-state index in [1.807, 2.05) is 68.4 Å². The van der Waals surface area contributed by atoms with Gasteiger partial charge in [0.15, 0.2) is 0 Å². The van der Waals surface area contributed by atoms with Gasteiger partial charge in [0.25, 0.3) is 0 Å². The van der Waals surface area contributed by atoms with E-state index in [0.29, 0.717) is 25.3 Å². The molecule has 0 aliphatic carbocycles. The normalized spacial score (nSPS) is 12.1. The van der Waals surface area contributed by atoms with Crippen LogP contribution in [0.5, 0.6) is 5.75 Å². The van der Waals surface area contributed by atoms with Crippen molar-refractivity contribution in [2.75, 3.05) is 20.2 Å². The average Bonchev–Trinajstić information content (AvgIpc) is 2.95. The third-order valence-corrected chi connectivity index (χ3v) is 7.95. The molecule has 214 valence electrons. The van der Waals surface area contributed by atoms with E-state index in [1.165, 1.54) is 0 Å². The Hall–Kier alpha value is -3.69. The van der Waals surface area contributed by atoms with E-state index in [4.69, 9.17) is 4.74 Å². The number of nitrogens with one attached hydrogen (secondary N) is 2. The summed E-state index contributed by atoms with van der Waals surface area (Å²) >= 11 is 0. The standard InChI is InChI=1S/C31H39N3O5S/c1-5-33-40(37,38)28-18-13-24(14-19-28)15-20-29(35)34(22-25-11-16-27(39-4)17-12-25)30(26-9-7-6-8-10-26)31(36)32-21-23(2)3/h6-14,16-19,23,30,33H,5,15,20-22H2,1-4H3,(H,32,36)/t30-/m0/s1. The number of amides is 2. The first kappa shape index (κ1) is 30.8. The Labute approximate surface area is 237 Å². The van der Waals surface area contributed by atoms with Gasteiger partial charge in [-0.15, -0.1) is 0 Å². The highest BCUT2D eigenvalue weighted by Crippen LogP contribution is 2.26. The summed E-state index contributed by atoms with van der Waals surface area (Å²) in [7, 11) is -1.96. The van der Waals surface area contributed by atoms with Crippen LogP contribution in [0, 0.1) is 5.92 Å². The fourth-order valence-corrected chi connectivity index (χ4v) is 5.31. The molecule has 0 fully saturated rings. The molecule has 3 aromatic carbocycles. The number of methoxy groups -OCH3 is 1. The van der Waals surface area contributed by atoms with E-state index in [1.54, 1.807) is 43.2 Å². The Morgan fingerprint density at radius 2 is 1.52 bits per heavy atom. The van der Waals surface area contributed by atoms with Gasteiger partial charge in [-0.1, -0.05) is 75.4 Å². The van der Waals surface area contributed by atoms with Gasteiger partial charge in [0.05, 0.1) is 12.0 Å². The van der Waals surface area contributed by atoms with Crippen LogP contribution in [0.15, 0.2) is 83.8 Å². The van der Waals surface area contributed by atoms with Gasteiger partial charge in [-0.3, -0.25) is 9.59 Å². The lowest BCUT2D eigenvalue weighted by atomic mass is 10.0. The molecule has 0 heterocycles. The maximum absolute atomic E-state index is 13.8. The fraction of sp³-hybridized carbons (Fsp3) is 0.355. The third kappa shape index (κ3) is 8.66. The zero-order valence-electron chi connectivity index (χ0n) is 23.6. The average molecular weight is 566 g/mol. The monoisotopic (exact) mass is 565 g/mol. The van der Waals surface area contributed by atoms with Gasteiger partial charge in [0, 0.05) is 26.1 Å². The zero-order chi connectivity index (χ0) is 29.1. The van der Waals surface area contributed by atoms with Gasteiger partial charge >= 0.3 is 0 Å². The maximum atomic E-state index is 13.8. The summed E-state index contributed by atoms with van der Waals surface area (Å²) in [5.41, 5.74) is 2.42. The number of hydrogen-bond donors (Lipinski definition) is 2. The van der Waals surface area contributed by atoms with E-state index in [0.717, 1.165) is 16.7 Å². The van der Waals surface area contributed by atoms with Crippen molar-refractivity contribution < 1.29 is 22.7 Å². The van der Waals surface area contributed by atoms with Crippen molar-refractivity contribution in [2.24, 2.45) is 5.92 Å². The summed E-state index contributed by atoms with van der Waals surface area (Å²) in [6.45, 7) is 6.79. The summed E-state index contributed by atoms with van der Waals surface area (Å²) in [6, 6.07) is 22.4. The van der Waals surface area contributed by atoms with Crippen molar-refractivity contribution >= 4 is 21.8 Å². The zero-order valence-corrected chi connectivity index (χ0v) is 24.4. The van der Waals surface area contributed by atoms with E-state index in [-0.39, 0.29) is 35.6 Å². The molecule has 40 heavy (non-hydrogen) atoms. The van der Waals surface area contributed by atoms with Crippen molar-refractivity contribution in [1.82, 2.24) is 14.9 Å². The topological polar surface area (TPSA) is 105 Å². The Bertz CT molecular complexity index is 1340. The molecule has 2 N–H and O–H groups in total. The van der Waals surface area contributed by atoms with Crippen LogP contribution in [0.1, 0.15) is 49.9 Å². The van der Waals surface area contributed by atoms with Crippen molar-refractivity contribution in [1.29, 1.82) is 0 Å². The number of hydrogen-bond acceptors (Lipinski definition) is 5. The summed E-state index contributed by atoms with van der Waals surface area (Å²) in [4.78, 5) is 29.2. The summed E-state index contributed by atoms with van der Waals surface area (Å²) < 4.78 is 32.3. The first-order valence-corrected chi connectivity index (χ1v) is 15.0. The second kappa shape index (κ2) is 14.6. The summed E-state index contributed by atoms with van der Waals surface area (Å²) in [5, 5.41) is 3.01. The molecule has 3 aromatic rings. The molecule has 0 unspecified atom stereocenters. The molecule has 9 heteroatoms. The highest BCUT2D eigenvalue weighted by molar-refractivity contribution is 7.89. The van der Waals surface area contributed by atoms with Crippen LogP contribution in [0.3, 0.4) is 0 Å². The molecule has 8 nitrogen and oxygen atoms in total. The largest absolute Gasteiger partial charge is 0.497 e. The second-order valence-electron chi connectivity index (χ2n) is 9.97. The quantitative estimate of drug-likeness (QED) is 0.300. The molecular formula is C31H39N3O5S. The van der Waals surface area contributed by atoms with Gasteiger partial charge in [0.1, 0.15) is 11.8 Å². The van der Waals surface area contributed by atoms with E-state index in [9.17, 15) is 18.0 Å². The lowest BCUT2D eigenvalue weighted by molar-refractivity contribution is -0.141. The highest BCUT2D eigenvalue weighted by atomic mass is 32.2. The van der Waals surface area contributed by atoms with Crippen LogP contribution < -0.4 is 14.8 Å². The first-order chi connectivity index (χ1) is 19.1. The number of carbonyl (C=O) groups excluding carboxylic acids is 2. The van der Waals surface area contributed by atoms with Crippen molar-refractivity contribution in [3.8, 4) is 5.75 Å². The molecule has 0 aliphatic heterocycles. The Morgan fingerprint density at radius 3 is 2.10 bits per heavy atom. The Balaban J connectivity index is 1.89. The summed E-state index contributed by atoms with van der Waals surface area (Å²) in [5.74, 6) is 0.536. The fourth-order valence-electron chi connectivity index (χ4n) is 4.26. The number of carbonyl (C=O) groups is 2. The number of aryl methyl sites for hydroxylation is 1. The lowest BCUT2D eigenvalue weighted by Crippen LogP contribution is -2.44. The molecular weight excluding hydrogens is 526 g/mol. The predicted octanol–water partition coefficient (Wildman–Crippen LogP) is 4.47. The van der Waals surface area contributed by atoms with Gasteiger partial charge < -0.3 is 15.0 Å². The van der Waals surface area contributed by atoms with E-state index in [2.05, 4.69) is 10.0 Å². The first-order valence-electron chi connectivity index (χ1n) is 13.5. The van der Waals surface area contributed by atoms with Crippen molar-refractivity contribution in [2.45, 2.75) is 51.1 Å². The van der Waals surface area contributed by atoms with Crippen LogP contribution >= 0.6 is 0 Å². The number of ether oxygens (including phenoxy) is 1. The molecule has 0 aromatic heterocycles. The second-order valence-corrected chi connectivity index (χ2v) is 11.7. The third-order valence-electron chi connectivity index (χ3n) is 6.39. The van der Waals surface area contributed by atoms with Crippen LogP contribution in [0.2, 0.25) is 0 Å². The number of sulfonamides is 1.